The van der Waals surface area contributed by atoms with E-state index in [0.717, 1.165) is 43.6 Å². The predicted molar refractivity (Wildman–Crippen MR) is 83.9 cm³/mol. The van der Waals surface area contributed by atoms with E-state index in [0.29, 0.717) is 12.2 Å². The van der Waals surface area contributed by atoms with Crippen LogP contribution in [0, 0.1) is 5.82 Å². The van der Waals surface area contributed by atoms with Gasteiger partial charge in [0.15, 0.2) is 11.6 Å². The third-order valence-electron chi connectivity index (χ3n) is 4.37. The lowest BCUT2D eigenvalue weighted by Crippen LogP contribution is -2.37. The summed E-state index contributed by atoms with van der Waals surface area (Å²) >= 11 is 0. The van der Waals surface area contributed by atoms with Crippen LogP contribution in [0.4, 0.5) is 10.1 Å². The molecule has 2 aliphatic rings. The van der Waals surface area contributed by atoms with E-state index in [1.54, 1.807) is 0 Å². The van der Waals surface area contributed by atoms with Crippen molar-refractivity contribution in [3.8, 4) is 5.75 Å². The molecule has 1 saturated heterocycles. The van der Waals surface area contributed by atoms with Gasteiger partial charge in [0, 0.05) is 43.2 Å². The summed E-state index contributed by atoms with van der Waals surface area (Å²) in [7, 11) is 0. The minimum Gasteiger partial charge on any atom is -0.487 e. The number of rotatable bonds is 4. The molecule has 1 N–H and O–H groups in total. The quantitative estimate of drug-likeness (QED) is 0.930. The van der Waals surface area contributed by atoms with Crippen LogP contribution in [0.5, 0.6) is 5.75 Å². The molecule has 2 atom stereocenters. The number of carbonyl (C=O) groups is 1. The molecule has 0 aliphatic carbocycles. The molecule has 4 nitrogen and oxygen atoms in total. The van der Waals surface area contributed by atoms with Crippen LogP contribution in [0.15, 0.2) is 12.1 Å². The summed E-state index contributed by atoms with van der Waals surface area (Å²) in [5, 5.41) is 3.08. The molecule has 2 aliphatic heterocycles. The van der Waals surface area contributed by atoms with Gasteiger partial charge in [-0.2, -0.15) is 0 Å². The number of hydrogen-bond acceptors (Lipinski definition) is 3. The fourth-order valence-electron chi connectivity index (χ4n) is 3.36. The van der Waals surface area contributed by atoms with Crippen molar-refractivity contribution in [2.24, 2.45) is 0 Å². The molecular weight excluding hydrogens is 283 g/mol. The van der Waals surface area contributed by atoms with E-state index in [2.05, 4.69) is 10.2 Å². The summed E-state index contributed by atoms with van der Waals surface area (Å²) in [5.74, 6) is 0.245. The second kappa shape index (κ2) is 6.15. The number of nitrogens with zero attached hydrogens (tertiary/aromatic N) is 1. The van der Waals surface area contributed by atoms with Crippen LogP contribution in [-0.2, 0) is 11.2 Å². The molecule has 5 heteroatoms. The highest BCUT2D eigenvalue weighted by atomic mass is 19.1. The van der Waals surface area contributed by atoms with Gasteiger partial charge in [-0.25, -0.2) is 4.39 Å². The molecule has 1 aromatic rings. The van der Waals surface area contributed by atoms with E-state index >= 15 is 0 Å². The van der Waals surface area contributed by atoms with Crippen molar-refractivity contribution in [3.63, 3.8) is 0 Å². The molecule has 0 bridgehead atoms. The standard InChI is InChI=1S/C17H23FN2O2/c1-3-4-16(21)19-12-7-8-20(10-12)15-6-5-14(18)17-13(15)9-11(2)22-17/h5-6,11-12H,3-4,7-10H2,1-2H3,(H,19,21)/t11?,12-/m0/s1. The molecule has 1 fully saturated rings. The zero-order valence-electron chi connectivity index (χ0n) is 13.2. The van der Waals surface area contributed by atoms with Crippen LogP contribution >= 0.6 is 0 Å². The Balaban J connectivity index is 1.72. The molecule has 1 amide bonds. The van der Waals surface area contributed by atoms with E-state index in [1.165, 1.54) is 6.07 Å². The lowest BCUT2D eigenvalue weighted by atomic mass is 10.1. The molecule has 2 heterocycles. The highest BCUT2D eigenvalue weighted by Crippen LogP contribution is 2.39. The minimum absolute atomic E-state index is 0.0216. The largest absolute Gasteiger partial charge is 0.487 e. The van der Waals surface area contributed by atoms with Crippen LogP contribution in [-0.4, -0.2) is 31.1 Å². The van der Waals surface area contributed by atoms with Gasteiger partial charge in [0.25, 0.3) is 0 Å². The van der Waals surface area contributed by atoms with Gasteiger partial charge < -0.3 is 15.0 Å². The second-order valence-electron chi connectivity index (χ2n) is 6.26. The number of fused-ring (bicyclic) bond motifs is 1. The summed E-state index contributed by atoms with van der Waals surface area (Å²) in [6, 6.07) is 3.50. The van der Waals surface area contributed by atoms with Crippen molar-refractivity contribution in [2.45, 2.75) is 51.7 Å². The second-order valence-corrected chi connectivity index (χ2v) is 6.26. The first kappa shape index (κ1) is 15.1. The molecule has 0 spiro atoms. The van der Waals surface area contributed by atoms with Crippen molar-refractivity contribution in [1.29, 1.82) is 0 Å². The summed E-state index contributed by atoms with van der Waals surface area (Å²) in [6.07, 6.45) is 3.13. The van der Waals surface area contributed by atoms with Crippen LogP contribution < -0.4 is 15.0 Å². The van der Waals surface area contributed by atoms with E-state index in [9.17, 15) is 9.18 Å². The van der Waals surface area contributed by atoms with Crippen LogP contribution in [0.1, 0.15) is 38.7 Å². The maximum absolute atomic E-state index is 13.9. The Bertz CT molecular complexity index is 576. The van der Waals surface area contributed by atoms with E-state index < -0.39 is 0 Å². The third kappa shape index (κ3) is 2.89. The van der Waals surface area contributed by atoms with Gasteiger partial charge in [0.05, 0.1) is 0 Å². The van der Waals surface area contributed by atoms with Crippen molar-refractivity contribution in [1.82, 2.24) is 5.32 Å². The van der Waals surface area contributed by atoms with Crippen molar-refractivity contribution < 1.29 is 13.9 Å². The highest BCUT2D eigenvalue weighted by molar-refractivity contribution is 5.76. The highest BCUT2D eigenvalue weighted by Gasteiger charge is 2.31. The fraction of sp³-hybridized carbons (Fsp3) is 0.588. The molecule has 3 rings (SSSR count). The lowest BCUT2D eigenvalue weighted by Gasteiger charge is -2.21. The molecule has 0 radical (unpaired) electrons. The average Bonchev–Trinajstić information content (AvgIpc) is 3.06. The van der Waals surface area contributed by atoms with Gasteiger partial charge in [-0.1, -0.05) is 6.92 Å². The number of hydrogen-bond donors (Lipinski definition) is 1. The zero-order valence-corrected chi connectivity index (χ0v) is 13.2. The van der Waals surface area contributed by atoms with Gasteiger partial charge in [-0.15, -0.1) is 0 Å². The maximum atomic E-state index is 13.9. The van der Waals surface area contributed by atoms with Gasteiger partial charge >= 0.3 is 0 Å². The average molecular weight is 306 g/mol. The summed E-state index contributed by atoms with van der Waals surface area (Å²) < 4.78 is 19.5. The number of anilines is 1. The summed E-state index contributed by atoms with van der Waals surface area (Å²) in [4.78, 5) is 14.0. The fourth-order valence-corrected chi connectivity index (χ4v) is 3.36. The van der Waals surface area contributed by atoms with E-state index in [-0.39, 0.29) is 23.9 Å². The van der Waals surface area contributed by atoms with Crippen molar-refractivity contribution in [2.75, 3.05) is 18.0 Å². The first-order chi connectivity index (χ1) is 10.6. The van der Waals surface area contributed by atoms with Crippen LogP contribution in [0.3, 0.4) is 0 Å². The monoisotopic (exact) mass is 306 g/mol. The molecule has 1 aromatic carbocycles. The molecule has 22 heavy (non-hydrogen) atoms. The van der Waals surface area contributed by atoms with E-state index in [1.807, 2.05) is 19.9 Å². The molecule has 0 saturated carbocycles. The van der Waals surface area contributed by atoms with Crippen LogP contribution in [0.2, 0.25) is 0 Å². The van der Waals surface area contributed by atoms with Gasteiger partial charge in [-0.05, 0) is 31.9 Å². The Morgan fingerprint density at radius 3 is 3.09 bits per heavy atom. The Labute approximate surface area is 130 Å². The summed E-state index contributed by atoms with van der Waals surface area (Å²) in [6.45, 7) is 5.62. The Hall–Kier alpha value is -1.78. The molecular formula is C17H23FN2O2. The number of carbonyl (C=O) groups excluding carboxylic acids is 1. The van der Waals surface area contributed by atoms with Crippen LogP contribution in [0.25, 0.3) is 0 Å². The van der Waals surface area contributed by atoms with Crippen molar-refractivity contribution in [3.05, 3.63) is 23.5 Å². The first-order valence-corrected chi connectivity index (χ1v) is 8.10. The number of benzene rings is 1. The number of nitrogens with one attached hydrogen (secondary N) is 1. The van der Waals surface area contributed by atoms with Gasteiger partial charge in [0.1, 0.15) is 6.10 Å². The molecule has 1 unspecified atom stereocenters. The van der Waals surface area contributed by atoms with E-state index in [4.69, 9.17) is 4.74 Å². The minimum atomic E-state index is -0.282. The smallest absolute Gasteiger partial charge is 0.220 e. The third-order valence-corrected chi connectivity index (χ3v) is 4.37. The Morgan fingerprint density at radius 2 is 2.32 bits per heavy atom. The molecule has 0 aromatic heterocycles. The Kier molecular flexibility index (Phi) is 4.23. The first-order valence-electron chi connectivity index (χ1n) is 8.10. The zero-order chi connectivity index (χ0) is 15.7. The van der Waals surface area contributed by atoms with Crippen molar-refractivity contribution >= 4 is 11.6 Å². The lowest BCUT2D eigenvalue weighted by molar-refractivity contribution is -0.121. The Morgan fingerprint density at radius 1 is 1.50 bits per heavy atom. The predicted octanol–water partition coefficient (Wildman–Crippen LogP) is 2.64. The van der Waals surface area contributed by atoms with Gasteiger partial charge in [-0.3, -0.25) is 4.79 Å². The SMILES string of the molecule is CCCC(=O)N[C@H]1CCN(c2ccc(F)c3c2CC(C)O3)C1. The molecule has 120 valence electrons. The van der Waals surface area contributed by atoms with Gasteiger partial charge in [0.2, 0.25) is 5.91 Å². The number of amides is 1. The maximum Gasteiger partial charge on any atom is 0.220 e. The number of halogens is 1. The topological polar surface area (TPSA) is 41.6 Å². The summed E-state index contributed by atoms with van der Waals surface area (Å²) in [5.41, 5.74) is 2.01. The normalized spacial score (nSPS) is 23.3. The number of ether oxygens (including phenoxy) is 1.